The largest absolute Gasteiger partial charge is 0.247 e. The van der Waals surface area contributed by atoms with Crippen molar-refractivity contribution in [3.05, 3.63) is 150 Å². The average molecular weight is 651 g/mol. The molecule has 8 rings (SSSR count). The standard InChI is InChI=1S/C40H19F5N4/c41-31-30(32(42)34(44)35(45)33(31)43)24-15-7-8-16-25(24)39-27-19-23(20-46)38-40(29(27)26-17-9-10-18-28(26)47-39)49-37(22-13-5-2-6-14-22)36(48-38)21-11-3-1-4-12-21/h1-19H. The van der Waals surface area contributed by atoms with Crippen molar-refractivity contribution < 1.29 is 22.0 Å². The number of hydrogen-bond donors (Lipinski definition) is 0. The summed E-state index contributed by atoms with van der Waals surface area (Å²) in [6, 6.07) is 35.6. The van der Waals surface area contributed by atoms with Gasteiger partial charge in [0.1, 0.15) is 11.6 Å². The van der Waals surface area contributed by atoms with E-state index in [9.17, 15) is 18.4 Å². The van der Waals surface area contributed by atoms with Crippen LogP contribution in [0.4, 0.5) is 22.0 Å². The van der Waals surface area contributed by atoms with Gasteiger partial charge in [0.15, 0.2) is 23.3 Å². The number of nitriles is 1. The van der Waals surface area contributed by atoms with Crippen LogP contribution in [0.2, 0.25) is 0 Å². The number of pyridine rings is 1. The van der Waals surface area contributed by atoms with Gasteiger partial charge in [-0.3, -0.25) is 0 Å². The molecule has 49 heavy (non-hydrogen) atoms. The van der Waals surface area contributed by atoms with Crippen molar-refractivity contribution in [2.45, 2.75) is 0 Å². The van der Waals surface area contributed by atoms with Crippen LogP contribution in [-0.2, 0) is 0 Å². The van der Waals surface area contributed by atoms with Crippen LogP contribution in [0.3, 0.4) is 0 Å². The van der Waals surface area contributed by atoms with Gasteiger partial charge in [-0.05, 0) is 17.7 Å². The van der Waals surface area contributed by atoms with Crippen LogP contribution in [0.5, 0.6) is 0 Å². The molecule has 2 aromatic heterocycles. The van der Waals surface area contributed by atoms with E-state index in [0.717, 1.165) is 11.1 Å². The predicted molar refractivity (Wildman–Crippen MR) is 179 cm³/mol. The van der Waals surface area contributed by atoms with E-state index < -0.39 is 34.6 Å². The zero-order valence-electron chi connectivity index (χ0n) is 25.1. The van der Waals surface area contributed by atoms with Gasteiger partial charge < -0.3 is 0 Å². The third-order valence-corrected chi connectivity index (χ3v) is 8.48. The maximum atomic E-state index is 15.3. The Labute approximate surface area is 275 Å². The fourth-order valence-electron chi connectivity index (χ4n) is 6.27. The minimum absolute atomic E-state index is 0.0850. The number of para-hydroxylation sites is 1. The fraction of sp³-hybridized carbons (Fsp3) is 0. The molecule has 9 heteroatoms. The molecule has 0 unspecified atom stereocenters. The average Bonchev–Trinajstić information content (AvgIpc) is 3.16. The third-order valence-electron chi connectivity index (χ3n) is 8.48. The first-order chi connectivity index (χ1) is 23.9. The van der Waals surface area contributed by atoms with Gasteiger partial charge in [-0.25, -0.2) is 36.9 Å². The topological polar surface area (TPSA) is 62.5 Å². The number of aromatic nitrogens is 3. The SMILES string of the molecule is N#Cc1cc2c(-c3ccccc3-c3c(F)c(F)c(F)c(F)c3F)nc3ccccc3c2c2nc(-c3ccccc3)c(-c3ccccc3)nc12. The lowest BCUT2D eigenvalue weighted by Crippen LogP contribution is -2.05. The number of fused-ring (bicyclic) bond motifs is 5. The Bertz CT molecular complexity index is 2640. The highest BCUT2D eigenvalue weighted by Crippen LogP contribution is 2.43. The molecule has 0 bridgehead atoms. The van der Waals surface area contributed by atoms with Crippen molar-refractivity contribution >= 4 is 32.7 Å². The highest BCUT2D eigenvalue weighted by Gasteiger charge is 2.29. The summed E-state index contributed by atoms with van der Waals surface area (Å²) < 4.78 is 73.5. The van der Waals surface area contributed by atoms with Crippen LogP contribution >= 0.6 is 0 Å². The van der Waals surface area contributed by atoms with Gasteiger partial charge in [0.05, 0.1) is 39.2 Å². The van der Waals surface area contributed by atoms with E-state index in [1.165, 1.54) is 18.2 Å². The molecule has 0 N–H and O–H groups in total. The smallest absolute Gasteiger partial charge is 0.200 e. The molecule has 0 fully saturated rings. The minimum atomic E-state index is -2.25. The number of halogens is 5. The summed E-state index contributed by atoms with van der Waals surface area (Å²) in [7, 11) is 0. The normalized spacial score (nSPS) is 11.3. The predicted octanol–water partition coefficient (Wildman–Crippen LogP) is 10.6. The molecular formula is C40H19F5N4. The van der Waals surface area contributed by atoms with Crippen molar-refractivity contribution in [2.24, 2.45) is 0 Å². The molecule has 0 aliphatic carbocycles. The highest BCUT2D eigenvalue weighted by molar-refractivity contribution is 6.22. The summed E-state index contributed by atoms with van der Waals surface area (Å²) in [4.78, 5) is 15.1. The maximum Gasteiger partial charge on any atom is 0.200 e. The molecular weight excluding hydrogens is 631 g/mol. The second-order valence-corrected chi connectivity index (χ2v) is 11.3. The lowest BCUT2D eigenvalue weighted by Gasteiger charge is -2.18. The molecule has 234 valence electrons. The second-order valence-electron chi connectivity index (χ2n) is 11.3. The van der Waals surface area contributed by atoms with Gasteiger partial charge in [-0.15, -0.1) is 0 Å². The highest BCUT2D eigenvalue weighted by atomic mass is 19.2. The second kappa shape index (κ2) is 11.6. The minimum Gasteiger partial charge on any atom is -0.247 e. The van der Waals surface area contributed by atoms with Crippen LogP contribution in [0, 0.1) is 40.4 Å². The van der Waals surface area contributed by atoms with Gasteiger partial charge >= 0.3 is 0 Å². The summed E-state index contributed by atoms with van der Waals surface area (Å²) >= 11 is 0. The van der Waals surface area contributed by atoms with Gasteiger partial charge in [0.2, 0.25) is 5.82 Å². The Morgan fingerprint density at radius 2 is 0.980 bits per heavy atom. The van der Waals surface area contributed by atoms with E-state index in [1.807, 2.05) is 72.8 Å². The first-order valence-corrected chi connectivity index (χ1v) is 15.1. The molecule has 6 aromatic carbocycles. The van der Waals surface area contributed by atoms with Crippen LogP contribution in [0.25, 0.3) is 77.6 Å². The Morgan fingerprint density at radius 3 is 1.59 bits per heavy atom. The van der Waals surface area contributed by atoms with E-state index >= 15 is 8.78 Å². The molecule has 8 aromatic rings. The Balaban J connectivity index is 1.54. The van der Waals surface area contributed by atoms with Crippen LogP contribution in [-0.4, -0.2) is 15.0 Å². The molecule has 2 heterocycles. The molecule has 0 saturated heterocycles. The van der Waals surface area contributed by atoms with Crippen molar-refractivity contribution in [1.82, 2.24) is 15.0 Å². The van der Waals surface area contributed by atoms with Crippen molar-refractivity contribution in [1.29, 1.82) is 5.26 Å². The quantitative estimate of drug-likeness (QED) is 0.0823. The lowest BCUT2D eigenvalue weighted by molar-refractivity contribution is 0.381. The maximum absolute atomic E-state index is 15.3. The first-order valence-electron chi connectivity index (χ1n) is 15.1. The monoisotopic (exact) mass is 650 g/mol. The molecule has 0 aliphatic rings. The Hall–Kier alpha value is -6.53. The summed E-state index contributed by atoms with van der Waals surface area (Å²) in [5.41, 5.74) is 2.89. The zero-order chi connectivity index (χ0) is 33.8. The fourth-order valence-corrected chi connectivity index (χ4v) is 6.27. The lowest BCUT2D eigenvalue weighted by atomic mass is 9.91. The van der Waals surface area contributed by atoms with Crippen LogP contribution < -0.4 is 0 Å². The van der Waals surface area contributed by atoms with Gasteiger partial charge in [-0.2, -0.15) is 5.26 Å². The molecule has 0 spiro atoms. The van der Waals surface area contributed by atoms with Gasteiger partial charge in [-0.1, -0.05) is 103 Å². The van der Waals surface area contributed by atoms with E-state index in [2.05, 4.69) is 6.07 Å². The van der Waals surface area contributed by atoms with Gasteiger partial charge in [0, 0.05) is 32.8 Å². The first kappa shape index (κ1) is 29.8. The number of nitrogens with zero attached hydrogens (tertiary/aromatic N) is 4. The summed E-state index contributed by atoms with van der Waals surface area (Å²) in [6.45, 7) is 0. The Kier molecular flexibility index (Phi) is 7.07. The van der Waals surface area contributed by atoms with E-state index in [0.29, 0.717) is 44.1 Å². The number of benzene rings is 6. The van der Waals surface area contributed by atoms with E-state index in [4.69, 9.17) is 15.0 Å². The van der Waals surface area contributed by atoms with Gasteiger partial charge in [0.25, 0.3) is 0 Å². The summed E-state index contributed by atoms with van der Waals surface area (Å²) in [5.74, 6) is -10.3. The van der Waals surface area contributed by atoms with Crippen LogP contribution in [0.1, 0.15) is 5.56 Å². The van der Waals surface area contributed by atoms with Crippen LogP contribution in [0.15, 0.2) is 115 Å². The summed E-state index contributed by atoms with van der Waals surface area (Å²) in [6.07, 6.45) is 0. The molecule has 0 atom stereocenters. The van der Waals surface area contributed by atoms with Crippen molar-refractivity contribution in [3.8, 4) is 51.0 Å². The third kappa shape index (κ3) is 4.68. The Morgan fingerprint density at radius 1 is 0.469 bits per heavy atom. The van der Waals surface area contributed by atoms with Crippen molar-refractivity contribution in [2.75, 3.05) is 0 Å². The molecule has 0 saturated carbocycles. The zero-order valence-corrected chi connectivity index (χ0v) is 25.1. The molecule has 0 aliphatic heterocycles. The molecule has 4 nitrogen and oxygen atoms in total. The van der Waals surface area contributed by atoms with E-state index in [1.54, 1.807) is 24.3 Å². The van der Waals surface area contributed by atoms with E-state index in [-0.39, 0.29) is 22.4 Å². The summed E-state index contributed by atoms with van der Waals surface area (Å²) in [5, 5.41) is 12.0. The number of hydrogen-bond acceptors (Lipinski definition) is 4. The molecule has 0 amide bonds. The number of rotatable bonds is 4. The van der Waals surface area contributed by atoms with Crippen molar-refractivity contribution in [3.63, 3.8) is 0 Å². The molecule has 0 radical (unpaired) electrons.